The second kappa shape index (κ2) is 3.75. The Balaban J connectivity index is 1.50. The molecule has 0 N–H and O–H groups in total. The van der Waals surface area contributed by atoms with E-state index in [2.05, 4.69) is 12.2 Å². The maximum atomic E-state index is 12.9. The molecule has 0 aromatic heterocycles. The van der Waals surface area contributed by atoms with Crippen LogP contribution in [0.1, 0.15) is 38.5 Å². The number of likely N-dealkylation sites (tertiary alicyclic amines) is 1. The molecular formula is C17H21NO2. The molecule has 0 spiro atoms. The SMILES string of the molecule is O=C1C2C3C=CC([C@H]4CC34)[C@@H]2C(=O)N1C1CCCCC1. The summed E-state index contributed by atoms with van der Waals surface area (Å²) >= 11 is 0. The van der Waals surface area contributed by atoms with E-state index in [1.54, 1.807) is 4.90 Å². The molecule has 4 fully saturated rings. The van der Waals surface area contributed by atoms with Gasteiger partial charge in [0.1, 0.15) is 0 Å². The van der Waals surface area contributed by atoms with Crippen LogP contribution in [-0.4, -0.2) is 22.8 Å². The Bertz CT molecular complexity index is 483. The third-order valence-electron chi connectivity index (χ3n) is 6.64. The van der Waals surface area contributed by atoms with E-state index < -0.39 is 0 Å². The minimum absolute atomic E-state index is 0.00294. The summed E-state index contributed by atoms with van der Waals surface area (Å²) in [5.74, 6) is 2.54. The summed E-state index contributed by atoms with van der Waals surface area (Å²) in [5.41, 5.74) is 0. The first-order valence-corrected chi connectivity index (χ1v) is 8.32. The van der Waals surface area contributed by atoms with Gasteiger partial charge in [0.15, 0.2) is 0 Å². The minimum Gasteiger partial charge on any atom is -0.279 e. The van der Waals surface area contributed by atoms with Crippen LogP contribution in [0.15, 0.2) is 12.2 Å². The highest BCUT2D eigenvalue weighted by molar-refractivity contribution is 6.06. The number of carbonyl (C=O) groups excluding carboxylic acids is 2. The highest BCUT2D eigenvalue weighted by Crippen LogP contribution is 2.65. The Labute approximate surface area is 119 Å². The number of nitrogens with zero attached hydrogens (tertiary/aromatic N) is 1. The first-order chi connectivity index (χ1) is 9.77. The van der Waals surface area contributed by atoms with Gasteiger partial charge in [-0.25, -0.2) is 0 Å². The molecule has 0 radical (unpaired) electrons. The standard InChI is InChI=1S/C17H21NO2/c19-16-14-10-6-7-11(13-8-12(10)13)15(14)17(20)18(16)9-4-2-1-3-5-9/h6-7,9-15H,1-5,8H2/t10?,11?,12-,13?,14+,15?/m1/s1. The molecular weight excluding hydrogens is 250 g/mol. The van der Waals surface area contributed by atoms with Gasteiger partial charge in [-0.1, -0.05) is 31.4 Å². The Morgan fingerprint density at radius 2 is 1.40 bits per heavy atom. The zero-order valence-corrected chi connectivity index (χ0v) is 11.7. The van der Waals surface area contributed by atoms with Gasteiger partial charge in [-0.2, -0.15) is 0 Å². The average molecular weight is 271 g/mol. The molecule has 6 atom stereocenters. The normalized spacial score (nSPS) is 49.5. The zero-order chi connectivity index (χ0) is 13.4. The number of hydrogen-bond acceptors (Lipinski definition) is 2. The second-order valence-electron chi connectivity index (χ2n) is 7.49. The molecule has 2 bridgehead atoms. The highest BCUT2D eigenvalue weighted by Gasteiger charge is 2.67. The van der Waals surface area contributed by atoms with Crippen molar-refractivity contribution in [2.24, 2.45) is 35.5 Å². The fraction of sp³-hybridized carbons (Fsp3) is 0.765. The van der Waals surface area contributed by atoms with Gasteiger partial charge >= 0.3 is 0 Å². The molecule has 106 valence electrons. The highest BCUT2D eigenvalue weighted by atomic mass is 16.2. The van der Waals surface area contributed by atoms with Crippen LogP contribution < -0.4 is 0 Å². The Morgan fingerprint density at radius 3 is 1.95 bits per heavy atom. The lowest BCUT2D eigenvalue weighted by Gasteiger charge is -2.37. The van der Waals surface area contributed by atoms with E-state index in [1.807, 2.05) is 0 Å². The molecule has 3 nitrogen and oxygen atoms in total. The summed E-state index contributed by atoms with van der Waals surface area (Å²) in [5, 5.41) is 0. The van der Waals surface area contributed by atoms with Gasteiger partial charge in [0.2, 0.25) is 11.8 Å². The molecule has 6 aliphatic rings. The molecule has 2 amide bonds. The largest absolute Gasteiger partial charge is 0.279 e. The minimum atomic E-state index is 0.00294. The Morgan fingerprint density at radius 1 is 0.850 bits per heavy atom. The molecule has 6 rings (SSSR count). The number of carbonyl (C=O) groups is 2. The fourth-order valence-electron chi connectivity index (χ4n) is 5.68. The van der Waals surface area contributed by atoms with E-state index in [0.29, 0.717) is 23.7 Å². The summed E-state index contributed by atoms with van der Waals surface area (Å²) in [6.45, 7) is 0. The van der Waals surface area contributed by atoms with Crippen LogP contribution in [-0.2, 0) is 9.59 Å². The van der Waals surface area contributed by atoms with Crippen molar-refractivity contribution in [3.8, 4) is 0 Å². The molecule has 0 aromatic rings. The van der Waals surface area contributed by atoms with E-state index in [0.717, 1.165) is 12.8 Å². The van der Waals surface area contributed by atoms with Gasteiger partial charge in [0.25, 0.3) is 0 Å². The van der Waals surface area contributed by atoms with Gasteiger partial charge in [-0.05, 0) is 42.9 Å². The molecule has 20 heavy (non-hydrogen) atoms. The van der Waals surface area contributed by atoms with Crippen LogP contribution in [0.5, 0.6) is 0 Å². The van der Waals surface area contributed by atoms with Crippen molar-refractivity contribution < 1.29 is 9.59 Å². The number of amides is 2. The fourth-order valence-corrected chi connectivity index (χ4v) is 5.68. The first kappa shape index (κ1) is 11.5. The first-order valence-electron chi connectivity index (χ1n) is 8.32. The van der Waals surface area contributed by atoms with E-state index >= 15 is 0 Å². The second-order valence-corrected chi connectivity index (χ2v) is 7.49. The van der Waals surface area contributed by atoms with E-state index in [4.69, 9.17) is 0 Å². The van der Waals surface area contributed by atoms with Crippen molar-refractivity contribution in [3.05, 3.63) is 12.2 Å². The van der Waals surface area contributed by atoms with Crippen molar-refractivity contribution in [3.63, 3.8) is 0 Å². The van der Waals surface area contributed by atoms with E-state index in [-0.39, 0.29) is 29.7 Å². The predicted octanol–water partition coefficient (Wildman–Crippen LogP) is 2.37. The van der Waals surface area contributed by atoms with Gasteiger partial charge in [0, 0.05) is 6.04 Å². The zero-order valence-electron chi connectivity index (χ0n) is 11.7. The van der Waals surface area contributed by atoms with Crippen LogP contribution in [0.3, 0.4) is 0 Å². The van der Waals surface area contributed by atoms with Gasteiger partial charge in [-0.3, -0.25) is 14.5 Å². The third kappa shape index (κ3) is 1.27. The molecule has 3 heteroatoms. The van der Waals surface area contributed by atoms with Crippen molar-refractivity contribution in [1.82, 2.24) is 4.90 Å². The van der Waals surface area contributed by atoms with Crippen LogP contribution in [0.25, 0.3) is 0 Å². The average Bonchev–Trinajstić information content (AvgIpc) is 3.25. The maximum absolute atomic E-state index is 12.9. The number of hydrogen-bond donors (Lipinski definition) is 0. The molecule has 1 saturated heterocycles. The van der Waals surface area contributed by atoms with E-state index in [1.165, 1.54) is 25.7 Å². The Hall–Kier alpha value is -1.12. The predicted molar refractivity (Wildman–Crippen MR) is 73.4 cm³/mol. The summed E-state index contributed by atoms with van der Waals surface area (Å²) in [6, 6.07) is 0.213. The van der Waals surface area contributed by atoms with Gasteiger partial charge in [0.05, 0.1) is 11.8 Å². The van der Waals surface area contributed by atoms with Crippen molar-refractivity contribution in [1.29, 1.82) is 0 Å². The topological polar surface area (TPSA) is 37.4 Å². The lowest BCUT2D eigenvalue weighted by molar-refractivity contribution is -0.143. The quantitative estimate of drug-likeness (QED) is 0.542. The summed E-state index contributed by atoms with van der Waals surface area (Å²) < 4.78 is 0. The summed E-state index contributed by atoms with van der Waals surface area (Å²) in [6.07, 6.45) is 11.4. The van der Waals surface area contributed by atoms with Crippen molar-refractivity contribution in [2.75, 3.05) is 0 Å². The third-order valence-corrected chi connectivity index (χ3v) is 6.64. The molecule has 1 heterocycles. The van der Waals surface area contributed by atoms with E-state index in [9.17, 15) is 9.59 Å². The van der Waals surface area contributed by atoms with Crippen molar-refractivity contribution in [2.45, 2.75) is 44.6 Å². The lowest BCUT2D eigenvalue weighted by Crippen LogP contribution is -2.42. The van der Waals surface area contributed by atoms with Gasteiger partial charge < -0.3 is 0 Å². The molecule has 0 aromatic carbocycles. The van der Waals surface area contributed by atoms with Crippen LogP contribution in [0.2, 0.25) is 0 Å². The molecule has 5 aliphatic carbocycles. The molecule has 1 aliphatic heterocycles. The number of imide groups is 1. The summed E-state index contributed by atoms with van der Waals surface area (Å²) in [4.78, 5) is 27.5. The molecule has 4 unspecified atom stereocenters. The van der Waals surface area contributed by atoms with Gasteiger partial charge in [-0.15, -0.1) is 0 Å². The number of allylic oxidation sites excluding steroid dienone is 2. The Kier molecular flexibility index (Phi) is 2.16. The molecule has 3 saturated carbocycles. The number of rotatable bonds is 1. The lowest BCUT2D eigenvalue weighted by atomic mass is 9.63. The maximum Gasteiger partial charge on any atom is 0.233 e. The monoisotopic (exact) mass is 271 g/mol. The van der Waals surface area contributed by atoms with Crippen molar-refractivity contribution >= 4 is 11.8 Å². The van der Waals surface area contributed by atoms with Crippen LogP contribution >= 0.6 is 0 Å². The summed E-state index contributed by atoms with van der Waals surface area (Å²) in [7, 11) is 0. The van der Waals surface area contributed by atoms with Crippen LogP contribution in [0, 0.1) is 35.5 Å². The van der Waals surface area contributed by atoms with Crippen LogP contribution in [0.4, 0.5) is 0 Å². The smallest absolute Gasteiger partial charge is 0.233 e.